The number of fused-ring (bicyclic) bond motifs is 1. The Morgan fingerprint density at radius 2 is 1.74 bits per heavy atom. The highest BCUT2D eigenvalue weighted by Crippen LogP contribution is 2.34. The standard InChI is InChI=1S/C19H20ClN3O4/c1-22(10-16(24)21-15-9-5-4-8-14(15)20)17(25)11-23-18(26)12-6-2-3-7-13(12)19(23)27/h2-5,8-9,12-13H,6-7,10-11H2,1H3,(H,21,24)/t12-,13-/m0/s1. The second-order valence-electron chi connectivity index (χ2n) is 6.70. The van der Waals surface area contributed by atoms with Gasteiger partial charge in [-0.2, -0.15) is 0 Å². The summed E-state index contributed by atoms with van der Waals surface area (Å²) >= 11 is 5.99. The van der Waals surface area contributed by atoms with Crippen LogP contribution >= 0.6 is 11.6 Å². The third-order valence-corrected chi connectivity index (χ3v) is 5.18. The van der Waals surface area contributed by atoms with Gasteiger partial charge in [0.25, 0.3) is 0 Å². The Labute approximate surface area is 161 Å². The van der Waals surface area contributed by atoms with Gasteiger partial charge in [0, 0.05) is 7.05 Å². The lowest BCUT2D eigenvalue weighted by Crippen LogP contribution is -2.44. The monoisotopic (exact) mass is 389 g/mol. The predicted octanol–water partition coefficient (Wildman–Crippen LogP) is 1.69. The summed E-state index contributed by atoms with van der Waals surface area (Å²) < 4.78 is 0. The molecule has 0 saturated carbocycles. The van der Waals surface area contributed by atoms with Crippen molar-refractivity contribution >= 4 is 40.9 Å². The van der Waals surface area contributed by atoms with E-state index in [0.717, 1.165) is 4.90 Å². The molecule has 0 aromatic heterocycles. The lowest BCUT2D eigenvalue weighted by molar-refractivity contribution is -0.146. The Bertz CT molecular complexity index is 797. The zero-order valence-corrected chi connectivity index (χ0v) is 15.6. The van der Waals surface area contributed by atoms with E-state index in [9.17, 15) is 19.2 Å². The van der Waals surface area contributed by atoms with E-state index in [2.05, 4.69) is 5.32 Å². The van der Waals surface area contributed by atoms with Gasteiger partial charge in [-0.05, 0) is 25.0 Å². The molecule has 1 aromatic carbocycles. The highest BCUT2D eigenvalue weighted by molar-refractivity contribution is 6.33. The van der Waals surface area contributed by atoms with Gasteiger partial charge >= 0.3 is 0 Å². The SMILES string of the molecule is CN(CC(=O)Nc1ccccc1Cl)C(=O)CN1C(=O)[C@H]2CC=CC[C@@H]2C1=O. The molecule has 8 heteroatoms. The summed E-state index contributed by atoms with van der Waals surface area (Å²) in [5.74, 6) is -2.25. The molecule has 142 valence electrons. The number of anilines is 1. The summed E-state index contributed by atoms with van der Waals surface area (Å²) in [4.78, 5) is 51.6. The van der Waals surface area contributed by atoms with Crippen molar-refractivity contribution < 1.29 is 19.2 Å². The van der Waals surface area contributed by atoms with Crippen LogP contribution in [0.15, 0.2) is 36.4 Å². The molecular formula is C19H20ClN3O4. The predicted molar refractivity (Wildman–Crippen MR) is 99.8 cm³/mol. The van der Waals surface area contributed by atoms with Crippen molar-refractivity contribution in [1.29, 1.82) is 0 Å². The number of imide groups is 1. The van der Waals surface area contributed by atoms with Crippen LogP contribution in [0, 0.1) is 11.8 Å². The van der Waals surface area contributed by atoms with E-state index >= 15 is 0 Å². The van der Waals surface area contributed by atoms with Crippen molar-refractivity contribution in [2.45, 2.75) is 12.8 Å². The number of hydrogen-bond acceptors (Lipinski definition) is 4. The van der Waals surface area contributed by atoms with E-state index in [4.69, 9.17) is 11.6 Å². The van der Waals surface area contributed by atoms with Gasteiger partial charge in [-0.15, -0.1) is 0 Å². The molecule has 27 heavy (non-hydrogen) atoms. The fourth-order valence-corrected chi connectivity index (χ4v) is 3.52. The van der Waals surface area contributed by atoms with E-state index < -0.39 is 11.8 Å². The largest absolute Gasteiger partial charge is 0.335 e. The van der Waals surface area contributed by atoms with Gasteiger partial charge in [-0.1, -0.05) is 35.9 Å². The number of likely N-dealkylation sites (N-methyl/N-ethyl adjacent to an activating group) is 1. The Morgan fingerprint density at radius 1 is 1.15 bits per heavy atom. The maximum absolute atomic E-state index is 12.4. The topological polar surface area (TPSA) is 86.8 Å². The first-order chi connectivity index (χ1) is 12.9. The minimum atomic E-state index is -0.474. The summed E-state index contributed by atoms with van der Waals surface area (Å²) in [6, 6.07) is 6.77. The number of carbonyl (C=O) groups excluding carboxylic acids is 4. The lowest BCUT2D eigenvalue weighted by Gasteiger charge is -2.20. The first-order valence-corrected chi connectivity index (χ1v) is 9.05. The van der Waals surface area contributed by atoms with Crippen LogP contribution in [0.2, 0.25) is 5.02 Å². The summed E-state index contributed by atoms with van der Waals surface area (Å²) in [6.07, 6.45) is 4.83. The molecule has 0 bridgehead atoms. The zero-order chi connectivity index (χ0) is 19.6. The van der Waals surface area contributed by atoms with Crippen molar-refractivity contribution in [2.24, 2.45) is 11.8 Å². The molecule has 1 aliphatic heterocycles. The summed E-state index contributed by atoms with van der Waals surface area (Å²) in [7, 11) is 1.45. The van der Waals surface area contributed by atoms with Crippen LogP contribution in [-0.2, 0) is 19.2 Å². The number of carbonyl (C=O) groups is 4. The zero-order valence-electron chi connectivity index (χ0n) is 14.9. The second kappa shape index (κ2) is 7.92. The average Bonchev–Trinajstić information content (AvgIpc) is 2.89. The first-order valence-electron chi connectivity index (χ1n) is 8.67. The molecule has 1 aliphatic carbocycles. The fraction of sp³-hybridized carbons (Fsp3) is 0.368. The first kappa shape index (κ1) is 19.1. The average molecular weight is 390 g/mol. The number of amides is 4. The van der Waals surface area contributed by atoms with Crippen LogP contribution in [0.5, 0.6) is 0 Å². The molecule has 7 nitrogen and oxygen atoms in total. The molecule has 1 saturated heterocycles. The Morgan fingerprint density at radius 3 is 2.33 bits per heavy atom. The van der Waals surface area contributed by atoms with Gasteiger partial charge in [-0.25, -0.2) is 0 Å². The number of hydrogen-bond donors (Lipinski definition) is 1. The van der Waals surface area contributed by atoms with Crippen molar-refractivity contribution in [1.82, 2.24) is 9.80 Å². The second-order valence-corrected chi connectivity index (χ2v) is 7.10. The molecule has 0 radical (unpaired) electrons. The van der Waals surface area contributed by atoms with Gasteiger partial charge in [0.15, 0.2) is 0 Å². The third kappa shape index (κ3) is 4.03. The van der Waals surface area contributed by atoms with Crippen molar-refractivity contribution in [3.05, 3.63) is 41.4 Å². The Hall–Kier alpha value is -2.67. The maximum Gasteiger partial charge on any atom is 0.244 e. The molecule has 0 spiro atoms. The van der Waals surface area contributed by atoms with Crippen molar-refractivity contribution in [3.8, 4) is 0 Å². The van der Waals surface area contributed by atoms with E-state index in [0.29, 0.717) is 23.6 Å². The van der Waals surface area contributed by atoms with E-state index in [1.807, 2.05) is 12.2 Å². The van der Waals surface area contributed by atoms with Crippen LogP contribution in [-0.4, -0.2) is 53.6 Å². The highest BCUT2D eigenvalue weighted by atomic mass is 35.5. The number of para-hydroxylation sites is 1. The molecule has 4 amide bonds. The van der Waals surface area contributed by atoms with Crippen LogP contribution in [0.3, 0.4) is 0 Å². The number of nitrogens with zero attached hydrogens (tertiary/aromatic N) is 2. The van der Waals surface area contributed by atoms with Crippen LogP contribution in [0.1, 0.15) is 12.8 Å². The number of likely N-dealkylation sites (tertiary alicyclic amines) is 1. The smallest absolute Gasteiger partial charge is 0.244 e. The molecule has 1 heterocycles. The third-order valence-electron chi connectivity index (χ3n) is 4.85. The molecule has 1 fully saturated rings. The van der Waals surface area contributed by atoms with Gasteiger partial charge in [-0.3, -0.25) is 24.1 Å². The van der Waals surface area contributed by atoms with Gasteiger partial charge < -0.3 is 10.2 Å². The van der Waals surface area contributed by atoms with E-state index in [-0.39, 0.29) is 36.7 Å². The van der Waals surface area contributed by atoms with Crippen molar-refractivity contribution in [3.63, 3.8) is 0 Å². The minimum Gasteiger partial charge on any atom is -0.335 e. The molecule has 2 atom stereocenters. The fourth-order valence-electron chi connectivity index (χ4n) is 3.34. The lowest BCUT2D eigenvalue weighted by atomic mass is 9.85. The summed E-state index contributed by atoms with van der Waals surface area (Å²) in [5, 5.41) is 3.02. The maximum atomic E-state index is 12.4. The number of rotatable bonds is 5. The molecule has 3 rings (SSSR count). The van der Waals surface area contributed by atoms with E-state index in [1.54, 1.807) is 24.3 Å². The molecule has 0 unspecified atom stereocenters. The van der Waals surface area contributed by atoms with Crippen LogP contribution in [0.4, 0.5) is 5.69 Å². The molecule has 1 aromatic rings. The quantitative estimate of drug-likeness (QED) is 0.613. The number of allylic oxidation sites excluding steroid dienone is 2. The Balaban J connectivity index is 1.56. The number of halogens is 1. The summed E-state index contributed by atoms with van der Waals surface area (Å²) in [5.41, 5.74) is 0.450. The Kier molecular flexibility index (Phi) is 5.60. The van der Waals surface area contributed by atoms with Gasteiger partial charge in [0.1, 0.15) is 6.54 Å². The van der Waals surface area contributed by atoms with E-state index in [1.165, 1.54) is 11.9 Å². The number of benzene rings is 1. The normalized spacial score (nSPS) is 21.2. The minimum absolute atomic E-state index is 0.214. The molecule has 1 N–H and O–H groups in total. The van der Waals surface area contributed by atoms with Crippen LogP contribution < -0.4 is 5.32 Å². The molecular weight excluding hydrogens is 370 g/mol. The highest BCUT2D eigenvalue weighted by Gasteiger charge is 2.47. The summed E-state index contributed by atoms with van der Waals surface area (Å²) in [6.45, 7) is -0.560. The number of nitrogens with one attached hydrogen (secondary N) is 1. The van der Waals surface area contributed by atoms with Crippen LogP contribution in [0.25, 0.3) is 0 Å². The van der Waals surface area contributed by atoms with Gasteiger partial charge in [0.05, 0.1) is 29.1 Å². The van der Waals surface area contributed by atoms with Gasteiger partial charge in [0.2, 0.25) is 23.6 Å². The molecule has 2 aliphatic rings. The van der Waals surface area contributed by atoms with Crippen molar-refractivity contribution in [2.75, 3.05) is 25.5 Å².